The summed E-state index contributed by atoms with van der Waals surface area (Å²) >= 11 is 0. The zero-order valence-corrected chi connectivity index (χ0v) is 12.1. The maximum absolute atomic E-state index is 5.68. The van der Waals surface area contributed by atoms with E-state index in [9.17, 15) is 0 Å². The maximum atomic E-state index is 5.68. The van der Waals surface area contributed by atoms with E-state index in [0.717, 1.165) is 18.7 Å². The molecule has 0 unspecified atom stereocenters. The van der Waals surface area contributed by atoms with Crippen LogP contribution in [-0.4, -0.2) is 25.7 Å². The molecule has 0 saturated heterocycles. The zero-order chi connectivity index (χ0) is 14.1. The summed E-state index contributed by atoms with van der Waals surface area (Å²) in [6, 6.07) is 8.21. The summed E-state index contributed by atoms with van der Waals surface area (Å²) in [5.74, 6) is 1.92. The molecule has 0 spiro atoms. The molecule has 4 heteroatoms. The lowest BCUT2D eigenvalue weighted by Crippen LogP contribution is -2.34. The van der Waals surface area contributed by atoms with Crippen molar-refractivity contribution in [3.05, 3.63) is 29.8 Å². The number of nitrogens with one attached hydrogen (secondary N) is 1. The Morgan fingerprint density at radius 2 is 2.00 bits per heavy atom. The molecule has 1 aromatic carbocycles. The van der Waals surface area contributed by atoms with Crippen LogP contribution in [0.3, 0.4) is 0 Å². The highest BCUT2D eigenvalue weighted by molar-refractivity contribution is 5.77. The van der Waals surface area contributed by atoms with Gasteiger partial charge in [-0.3, -0.25) is 4.99 Å². The van der Waals surface area contributed by atoms with E-state index in [1.807, 2.05) is 12.1 Å². The number of hydrogen-bond acceptors (Lipinski definition) is 2. The van der Waals surface area contributed by atoms with Gasteiger partial charge in [0, 0.05) is 6.54 Å². The fraction of sp³-hybridized carbons (Fsp3) is 0.533. The summed E-state index contributed by atoms with van der Waals surface area (Å²) in [4.78, 5) is 4.15. The monoisotopic (exact) mass is 263 g/mol. The summed E-state index contributed by atoms with van der Waals surface area (Å²) in [7, 11) is 0. The van der Waals surface area contributed by atoms with Gasteiger partial charge in [0.15, 0.2) is 5.96 Å². The molecule has 0 amide bonds. The van der Waals surface area contributed by atoms with Gasteiger partial charge in [-0.1, -0.05) is 32.9 Å². The van der Waals surface area contributed by atoms with Crippen LogP contribution in [0.4, 0.5) is 0 Å². The molecule has 19 heavy (non-hydrogen) atoms. The third-order valence-electron chi connectivity index (χ3n) is 2.73. The molecule has 0 fully saturated rings. The molecular weight excluding hydrogens is 238 g/mol. The number of nitrogens with two attached hydrogens (primary N) is 1. The van der Waals surface area contributed by atoms with Crippen LogP contribution in [0.15, 0.2) is 29.3 Å². The van der Waals surface area contributed by atoms with Gasteiger partial charge < -0.3 is 15.8 Å². The molecule has 106 valence electrons. The summed E-state index contributed by atoms with van der Waals surface area (Å²) in [6.45, 7) is 8.42. The highest BCUT2D eigenvalue weighted by Crippen LogP contribution is 2.18. The van der Waals surface area contributed by atoms with Gasteiger partial charge in [0.1, 0.15) is 12.4 Å². The molecule has 1 aromatic rings. The van der Waals surface area contributed by atoms with Crippen LogP contribution in [0.2, 0.25) is 0 Å². The van der Waals surface area contributed by atoms with Crippen molar-refractivity contribution in [3.63, 3.8) is 0 Å². The van der Waals surface area contributed by atoms with Gasteiger partial charge in [0.2, 0.25) is 0 Å². The van der Waals surface area contributed by atoms with Crippen molar-refractivity contribution in [3.8, 4) is 5.75 Å². The van der Waals surface area contributed by atoms with E-state index in [1.54, 1.807) is 0 Å². The number of ether oxygens (including phenoxy) is 1. The van der Waals surface area contributed by atoms with Crippen LogP contribution in [0.5, 0.6) is 5.75 Å². The van der Waals surface area contributed by atoms with Gasteiger partial charge in [-0.2, -0.15) is 0 Å². The van der Waals surface area contributed by atoms with Crippen LogP contribution < -0.4 is 15.8 Å². The van der Waals surface area contributed by atoms with E-state index in [4.69, 9.17) is 10.5 Å². The van der Waals surface area contributed by atoms with Crippen molar-refractivity contribution in [2.24, 2.45) is 10.7 Å². The van der Waals surface area contributed by atoms with Crippen molar-refractivity contribution < 1.29 is 4.74 Å². The smallest absolute Gasteiger partial charge is 0.188 e. The van der Waals surface area contributed by atoms with Gasteiger partial charge in [0.05, 0.1) is 6.54 Å². The van der Waals surface area contributed by atoms with Crippen molar-refractivity contribution in [2.45, 2.75) is 33.1 Å². The van der Waals surface area contributed by atoms with Gasteiger partial charge in [-0.05, 0) is 30.0 Å². The molecular formula is C15H25N3O. The molecule has 0 aliphatic carbocycles. The highest BCUT2D eigenvalue weighted by Gasteiger charge is 1.99. The minimum absolute atomic E-state index is 0.487. The second-order valence-corrected chi connectivity index (χ2v) is 4.77. The Balaban J connectivity index is 2.26. The van der Waals surface area contributed by atoms with Crippen LogP contribution in [0.1, 0.15) is 38.7 Å². The number of nitrogens with zero attached hydrogens (tertiary/aromatic N) is 1. The molecule has 3 N–H and O–H groups in total. The van der Waals surface area contributed by atoms with Crippen LogP contribution >= 0.6 is 0 Å². The summed E-state index contributed by atoms with van der Waals surface area (Å²) in [6.07, 6.45) is 1.00. The first kappa shape index (κ1) is 15.3. The van der Waals surface area contributed by atoms with E-state index in [-0.39, 0.29) is 0 Å². The lowest BCUT2D eigenvalue weighted by molar-refractivity contribution is 0.322. The Morgan fingerprint density at radius 3 is 2.58 bits per heavy atom. The van der Waals surface area contributed by atoms with Gasteiger partial charge in [-0.15, -0.1) is 0 Å². The summed E-state index contributed by atoms with van der Waals surface area (Å²) < 4.78 is 5.62. The van der Waals surface area contributed by atoms with Gasteiger partial charge in [-0.25, -0.2) is 0 Å². The quantitative estimate of drug-likeness (QED) is 0.451. The Kier molecular flexibility index (Phi) is 6.79. The predicted octanol–water partition coefficient (Wildman–Crippen LogP) is 2.50. The third-order valence-corrected chi connectivity index (χ3v) is 2.73. The molecule has 0 radical (unpaired) electrons. The van der Waals surface area contributed by atoms with E-state index in [0.29, 0.717) is 25.0 Å². The Morgan fingerprint density at radius 1 is 1.32 bits per heavy atom. The lowest BCUT2D eigenvalue weighted by Gasteiger charge is -2.10. The SMILES string of the molecule is CCCN=C(N)NCCOc1ccc(C(C)C)cc1. The number of rotatable bonds is 7. The minimum Gasteiger partial charge on any atom is -0.492 e. The first-order valence-electron chi connectivity index (χ1n) is 6.90. The number of aliphatic imine (C=N–C) groups is 1. The summed E-state index contributed by atoms with van der Waals surface area (Å²) in [5, 5.41) is 3.02. The van der Waals surface area contributed by atoms with Crippen LogP contribution in [0, 0.1) is 0 Å². The molecule has 0 atom stereocenters. The van der Waals surface area contributed by atoms with E-state index in [2.05, 4.69) is 43.2 Å². The largest absolute Gasteiger partial charge is 0.492 e. The van der Waals surface area contributed by atoms with Crippen molar-refractivity contribution in [2.75, 3.05) is 19.7 Å². The number of guanidine groups is 1. The molecule has 0 heterocycles. The Labute approximate surface area is 116 Å². The third kappa shape index (κ3) is 6.13. The zero-order valence-electron chi connectivity index (χ0n) is 12.1. The average molecular weight is 263 g/mol. The first-order chi connectivity index (χ1) is 9.13. The van der Waals surface area contributed by atoms with Crippen molar-refractivity contribution in [1.82, 2.24) is 5.32 Å². The second-order valence-electron chi connectivity index (χ2n) is 4.77. The van der Waals surface area contributed by atoms with E-state index in [1.165, 1.54) is 5.56 Å². The average Bonchev–Trinajstić information content (AvgIpc) is 2.41. The molecule has 4 nitrogen and oxygen atoms in total. The molecule has 0 bridgehead atoms. The normalized spacial score (nSPS) is 11.7. The van der Waals surface area contributed by atoms with Crippen molar-refractivity contribution >= 4 is 5.96 Å². The molecule has 1 rings (SSSR count). The topological polar surface area (TPSA) is 59.6 Å². The van der Waals surface area contributed by atoms with Crippen molar-refractivity contribution in [1.29, 1.82) is 0 Å². The van der Waals surface area contributed by atoms with E-state index < -0.39 is 0 Å². The van der Waals surface area contributed by atoms with Gasteiger partial charge >= 0.3 is 0 Å². The fourth-order valence-corrected chi connectivity index (χ4v) is 1.59. The lowest BCUT2D eigenvalue weighted by atomic mass is 10.0. The standard InChI is InChI=1S/C15H25N3O/c1-4-9-17-15(16)18-10-11-19-14-7-5-13(6-8-14)12(2)3/h5-8,12H,4,9-11H2,1-3H3,(H3,16,17,18). The molecule has 0 saturated carbocycles. The van der Waals surface area contributed by atoms with Gasteiger partial charge in [0.25, 0.3) is 0 Å². The Bertz CT molecular complexity index is 385. The maximum Gasteiger partial charge on any atom is 0.188 e. The molecule has 0 aromatic heterocycles. The predicted molar refractivity (Wildman–Crippen MR) is 80.8 cm³/mol. The molecule has 0 aliphatic heterocycles. The van der Waals surface area contributed by atoms with Crippen LogP contribution in [-0.2, 0) is 0 Å². The summed E-state index contributed by atoms with van der Waals surface area (Å²) in [5.41, 5.74) is 7.00. The van der Waals surface area contributed by atoms with Crippen LogP contribution in [0.25, 0.3) is 0 Å². The first-order valence-corrected chi connectivity index (χ1v) is 6.90. The number of hydrogen-bond donors (Lipinski definition) is 2. The van der Waals surface area contributed by atoms with E-state index >= 15 is 0 Å². The Hall–Kier alpha value is -1.71. The molecule has 0 aliphatic rings. The highest BCUT2D eigenvalue weighted by atomic mass is 16.5. The number of benzene rings is 1. The second kappa shape index (κ2) is 8.40. The minimum atomic E-state index is 0.487. The fourth-order valence-electron chi connectivity index (χ4n) is 1.59.